The van der Waals surface area contributed by atoms with Crippen LogP contribution >= 0.6 is 0 Å². The van der Waals surface area contributed by atoms with Gasteiger partial charge in [0.2, 0.25) is 0 Å². The minimum Gasteiger partial charge on any atom is -0.504 e. The van der Waals surface area contributed by atoms with Crippen LogP contribution in [0.25, 0.3) is 0 Å². The first-order valence-electron chi connectivity index (χ1n) is 7.55. The van der Waals surface area contributed by atoms with Crippen LogP contribution in [0.4, 0.5) is 0 Å². The number of carbonyl (C=O) groups excluding carboxylic acids is 1. The summed E-state index contributed by atoms with van der Waals surface area (Å²) in [5.74, 6) is 0.700. The molecule has 0 fully saturated rings. The van der Waals surface area contributed by atoms with E-state index in [4.69, 9.17) is 9.47 Å². The van der Waals surface area contributed by atoms with Gasteiger partial charge in [-0.2, -0.15) is 5.10 Å². The molecule has 6 nitrogen and oxygen atoms in total. The van der Waals surface area contributed by atoms with E-state index in [1.807, 2.05) is 32.0 Å². The summed E-state index contributed by atoms with van der Waals surface area (Å²) in [5, 5.41) is 13.5. The summed E-state index contributed by atoms with van der Waals surface area (Å²) in [6.45, 7) is 4.10. The summed E-state index contributed by atoms with van der Waals surface area (Å²) in [6, 6.07) is 12.3. The van der Waals surface area contributed by atoms with Gasteiger partial charge in [0.05, 0.1) is 12.8 Å². The number of hydrogen-bond acceptors (Lipinski definition) is 5. The Bertz CT molecular complexity index is 729. The van der Waals surface area contributed by atoms with Crippen molar-refractivity contribution in [2.45, 2.75) is 13.8 Å². The molecule has 0 saturated heterocycles. The number of nitrogens with zero attached hydrogens (tertiary/aromatic N) is 1. The van der Waals surface area contributed by atoms with E-state index in [1.165, 1.54) is 12.3 Å². The van der Waals surface area contributed by atoms with Crippen LogP contribution in [0, 0.1) is 6.92 Å². The molecule has 6 heteroatoms. The predicted molar refractivity (Wildman–Crippen MR) is 91.7 cm³/mol. The van der Waals surface area contributed by atoms with Crippen LogP contribution in [0.2, 0.25) is 0 Å². The van der Waals surface area contributed by atoms with E-state index < -0.39 is 0 Å². The van der Waals surface area contributed by atoms with E-state index in [1.54, 1.807) is 18.2 Å². The van der Waals surface area contributed by atoms with Gasteiger partial charge >= 0.3 is 0 Å². The Balaban J connectivity index is 1.85. The van der Waals surface area contributed by atoms with Crippen LogP contribution in [0.3, 0.4) is 0 Å². The average Bonchev–Trinajstić information content (AvgIpc) is 2.56. The molecule has 0 spiro atoms. The van der Waals surface area contributed by atoms with E-state index >= 15 is 0 Å². The zero-order chi connectivity index (χ0) is 17.4. The number of aryl methyl sites for hydroxylation is 1. The molecule has 0 aliphatic carbocycles. The minimum atomic E-state index is -0.364. The third-order valence-corrected chi connectivity index (χ3v) is 3.05. The number of phenols is 1. The fourth-order valence-corrected chi connectivity index (χ4v) is 1.95. The third kappa shape index (κ3) is 5.31. The molecule has 2 N–H and O–H groups in total. The van der Waals surface area contributed by atoms with Crippen molar-refractivity contribution in [3.8, 4) is 17.2 Å². The molecule has 2 aromatic carbocycles. The molecule has 0 bridgehead atoms. The van der Waals surface area contributed by atoms with E-state index in [0.29, 0.717) is 23.7 Å². The van der Waals surface area contributed by atoms with Crippen LogP contribution < -0.4 is 14.9 Å². The van der Waals surface area contributed by atoms with Crippen LogP contribution in [0.5, 0.6) is 17.2 Å². The molecule has 0 aromatic heterocycles. The molecule has 0 saturated carbocycles. The first-order chi connectivity index (χ1) is 11.6. The number of hydrogen-bond donors (Lipinski definition) is 2. The number of phenolic OH excluding ortho intramolecular Hbond substituents is 1. The predicted octanol–water partition coefficient (Wildman–Crippen LogP) is 2.63. The normalized spacial score (nSPS) is 10.6. The second-order valence-electron chi connectivity index (χ2n) is 5.06. The van der Waals surface area contributed by atoms with Crippen molar-refractivity contribution in [3.63, 3.8) is 0 Å². The highest BCUT2D eigenvalue weighted by molar-refractivity contribution is 5.83. The van der Waals surface area contributed by atoms with Crippen molar-refractivity contribution in [3.05, 3.63) is 53.6 Å². The zero-order valence-corrected chi connectivity index (χ0v) is 13.7. The third-order valence-electron chi connectivity index (χ3n) is 3.05. The van der Waals surface area contributed by atoms with Gasteiger partial charge in [0.25, 0.3) is 5.91 Å². The van der Waals surface area contributed by atoms with Gasteiger partial charge in [-0.25, -0.2) is 5.43 Å². The standard InChI is InChI=1S/C18H20N2O4/c1-3-23-17-10-14(7-8-16(17)21)11-19-20-18(22)12-24-15-6-4-5-13(2)9-15/h4-11,21H,3,12H2,1-2H3,(H,20,22)/b19-11-. The summed E-state index contributed by atoms with van der Waals surface area (Å²) in [6.07, 6.45) is 1.46. The molecule has 0 unspecified atom stereocenters. The number of benzene rings is 2. The van der Waals surface area contributed by atoms with Gasteiger partial charge < -0.3 is 14.6 Å². The largest absolute Gasteiger partial charge is 0.504 e. The van der Waals surface area contributed by atoms with E-state index in [9.17, 15) is 9.90 Å². The summed E-state index contributed by atoms with van der Waals surface area (Å²) in [4.78, 5) is 11.7. The molecule has 126 valence electrons. The molecule has 24 heavy (non-hydrogen) atoms. The van der Waals surface area contributed by atoms with Crippen molar-refractivity contribution < 1.29 is 19.4 Å². The van der Waals surface area contributed by atoms with Crippen molar-refractivity contribution in [1.82, 2.24) is 5.43 Å². The maximum atomic E-state index is 11.7. The lowest BCUT2D eigenvalue weighted by atomic mass is 10.2. The fourth-order valence-electron chi connectivity index (χ4n) is 1.95. The molecule has 1 amide bonds. The van der Waals surface area contributed by atoms with E-state index in [2.05, 4.69) is 10.5 Å². The number of ether oxygens (including phenoxy) is 2. The molecule has 0 heterocycles. The summed E-state index contributed by atoms with van der Waals surface area (Å²) in [7, 11) is 0. The lowest BCUT2D eigenvalue weighted by Gasteiger charge is -2.06. The van der Waals surface area contributed by atoms with Crippen molar-refractivity contribution in [2.75, 3.05) is 13.2 Å². The second kappa shape index (κ2) is 8.57. The van der Waals surface area contributed by atoms with Crippen molar-refractivity contribution in [2.24, 2.45) is 5.10 Å². The molecule has 0 aliphatic rings. The number of carbonyl (C=O) groups is 1. The zero-order valence-electron chi connectivity index (χ0n) is 13.7. The molecule has 2 rings (SSSR count). The maximum Gasteiger partial charge on any atom is 0.277 e. The number of hydrazone groups is 1. The lowest BCUT2D eigenvalue weighted by Crippen LogP contribution is -2.24. The SMILES string of the molecule is CCOc1cc(/C=N\NC(=O)COc2cccc(C)c2)ccc1O. The summed E-state index contributed by atoms with van der Waals surface area (Å²) >= 11 is 0. The van der Waals surface area contributed by atoms with Crippen LogP contribution in [-0.2, 0) is 4.79 Å². The number of amides is 1. The molecule has 2 aromatic rings. The highest BCUT2D eigenvalue weighted by atomic mass is 16.5. The van der Waals surface area contributed by atoms with Crippen molar-refractivity contribution >= 4 is 12.1 Å². The van der Waals surface area contributed by atoms with E-state index in [-0.39, 0.29) is 18.3 Å². The fraction of sp³-hybridized carbons (Fsp3) is 0.222. The van der Waals surface area contributed by atoms with Crippen molar-refractivity contribution in [1.29, 1.82) is 0 Å². The Morgan fingerprint density at radius 2 is 2.08 bits per heavy atom. The van der Waals surface area contributed by atoms with Crippen LogP contribution in [-0.4, -0.2) is 30.4 Å². The van der Waals surface area contributed by atoms with Crippen LogP contribution in [0.15, 0.2) is 47.6 Å². The number of aromatic hydroxyl groups is 1. The Labute approximate surface area is 140 Å². The van der Waals surface area contributed by atoms with Crippen LogP contribution in [0.1, 0.15) is 18.1 Å². The highest BCUT2D eigenvalue weighted by Crippen LogP contribution is 2.26. The van der Waals surface area contributed by atoms with Gasteiger partial charge in [-0.05, 0) is 55.3 Å². The Morgan fingerprint density at radius 3 is 2.83 bits per heavy atom. The molecule has 0 aliphatic heterocycles. The Kier molecular flexibility index (Phi) is 6.19. The number of rotatable bonds is 7. The topological polar surface area (TPSA) is 80.2 Å². The smallest absolute Gasteiger partial charge is 0.277 e. The molecule has 0 atom stereocenters. The minimum absolute atomic E-state index is 0.0598. The highest BCUT2D eigenvalue weighted by Gasteiger charge is 2.03. The maximum absolute atomic E-state index is 11.7. The lowest BCUT2D eigenvalue weighted by molar-refractivity contribution is -0.123. The van der Waals surface area contributed by atoms with E-state index in [0.717, 1.165) is 5.56 Å². The van der Waals surface area contributed by atoms with Gasteiger partial charge in [0.15, 0.2) is 18.1 Å². The van der Waals surface area contributed by atoms with Gasteiger partial charge in [-0.1, -0.05) is 12.1 Å². The average molecular weight is 328 g/mol. The summed E-state index contributed by atoms with van der Waals surface area (Å²) < 4.78 is 10.7. The Morgan fingerprint density at radius 1 is 1.25 bits per heavy atom. The monoisotopic (exact) mass is 328 g/mol. The molecular weight excluding hydrogens is 308 g/mol. The first kappa shape index (κ1) is 17.3. The quantitative estimate of drug-likeness (QED) is 0.605. The second-order valence-corrected chi connectivity index (χ2v) is 5.06. The van der Waals surface area contributed by atoms with Gasteiger partial charge in [-0.3, -0.25) is 4.79 Å². The molecular formula is C18H20N2O4. The van der Waals surface area contributed by atoms with Gasteiger partial charge in [0, 0.05) is 0 Å². The Hall–Kier alpha value is -3.02. The van der Waals surface area contributed by atoms with Gasteiger partial charge in [-0.15, -0.1) is 0 Å². The molecule has 0 radical (unpaired) electrons. The van der Waals surface area contributed by atoms with Gasteiger partial charge in [0.1, 0.15) is 5.75 Å². The number of nitrogens with one attached hydrogen (secondary N) is 1. The summed E-state index contributed by atoms with van der Waals surface area (Å²) in [5.41, 5.74) is 4.13. The first-order valence-corrected chi connectivity index (χ1v) is 7.55.